The molecule has 0 bridgehead atoms. The lowest BCUT2D eigenvalue weighted by molar-refractivity contribution is 1.26. The van der Waals surface area contributed by atoms with Crippen molar-refractivity contribution < 1.29 is 0 Å². The summed E-state index contributed by atoms with van der Waals surface area (Å²) >= 11 is 0. The number of hydrogen-bond donors (Lipinski definition) is 0. The number of aromatic nitrogens is 2. The van der Waals surface area contributed by atoms with Gasteiger partial charge < -0.3 is 0 Å². The SMILES string of the molecule is CC(=Nc1cccc(-c2ccccc2)c1)c1cc(-c2cc(-c3ccccc3)ccn2)cc(-c2cc(-c3ccccc3)cc(-c3ccccc3)c2)n1. The van der Waals surface area contributed by atoms with Crippen LogP contribution in [0.2, 0.25) is 0 Å². The van der Waals surface area contributed by atoms with Gasteiger partial charge in [0.05, 0.1) is 28.5 Å². The van der Waals surface area contributed by atoms with Crippen LogP contribution in [-0.4, -0.2) is 15.7 Å². The molecule has 6 aromatic carbocycles. The minimum atomic E-state index is 0.797. The fourth-order valence-corrected chi connectivity index (χ4v) is 6.42. The number of aliphatic imine (C=N–C) groups is 1. The van der Waals surface area contributed by atoms with Crippen molar-refractivity contribution >= 4 is 11.4 Å². The van der Waals surface area contributed by atoms with Crippen molar-refractivity contribution in [3.8, 4) is 67.0 Å². The molecule has 0 aliphatic rings. The van der Waals surface area contributed by atoms with Gasteiger partial charge in [-0.3, -0.25) is 9.98 Å². The molecule has 0 aliphatic carbocycles. The van der Waals surface area contributed by atoms with Crippen LogP contribution >= 0.6 is 0 Å². The topological polar surface area (TPSA) is 38.1 Å². The van der Waals surface area contributed by atoms with E-state index in [4.69, 9.17) is 15.0 Å². The molecule has 51 heavy (non-hydrogen) atoms. The molecule has 0 spiro atoms. The fraction of sp³-hybridized carbons (Fsp3) is 0.0208. The molecule has 0 aliphatic heterocycles. The molecule has 0 amide bonds. The maximum absolute atomic E-state index is 5.30. The standard InChI is InChI=1S/C48H35N3/c1-34(50-45-24-14-23-39(30-45)35-15-6-2-7-16-35)46-32-44(47-31-40(25-26-49-47)36-17-8-3-9-18-36)33-48(51-46)43-28-41(37-19-10-4-11-20-37)27-42(29-43)38-21-12-5-13-22-38/h2-33H,1H3. The van der Waals surface area contributed by atoms with Gasteiger partial charge in [-0.25, -0.2) is 4.98 Å². The van der Waals surface area contributed by atoms with Gasteiger partial charge in [0.2, 0.25) is 0 Å². The average Bonchev–Trinajstić information content (AvgIpc) is 3.22. The van der Waals surface area contributed by atoms with Crippen LogP contribution in [0.5, 0.6) is 0 Å². The van der Waals surface area contributed by atoms with Gasteiger partial charge in [0.25, 0.3) is 0 Å². The summed E-state index contributed by atoms with van der Waals surface area (Å²) in [6.45, 7) is 2.04. The van der Waals surface area contributed by atoms with E-state index in [1.165, 1.54) is 0 Å². The maximum atomic E-state index is 5.30. The molecular weight excluding hydrogens is 619 g/mol. The molecule has 0 N–H and O–H groups in total. The molecule has 0 saturated heterocycles. The Balaban J connectivity index is 1.29. The molecule has 242 valence electrons. The first kappa shape index (κ1) is 31.6. The van der Waals surface area contributed by atoms with Gasteiger partial charge in [0.1, 0.15) is 0 Å². The predicted octanol–water partition coefficient (Wildman–Crippen LogP) is 12.6. The third-order valence-electron chi connectivity index (χ3n) is 9.05. The summed E-state index contributed by atoms with van der Waals surface area (Å²) < 4.78 is 0. The van der Waals surface area contributed by atoms with Gasteiger partial charge in [0.15, 0.2) is 0 Å². The fourth-order valence-electron chi connectivity index (χ4n) is 6.42. The molecule has 0 atom stereocenters. The first-order valence-corrected chi connectivity index (χ1v) is 17.2. The molecule has 8 aromatic rings. The molecule has 0 fully saturated rings. The second-order valence-corrected chi connectivity index (χ2v) is 12.6. The monoisotopic (exact) mass is 653 g/mol. The number of rotatable bonds is 8. The van der Waals surface area contributed by atoms with E-state index in [1.54, 1.807) is 0 Å². The van der Waals surface area contributed by atoms with E-state index in [9.17, 15) is 0 Å². The van der Waals surface area contributed by atoms with Crippen LogP contribution in [0, 0.1) is 0 Å². The van der Waals surface area contributed by atoms with Crippen molar-refractivity contribution in [2.24, 2.45) is 4.99 Å². The summed E-state index contributed by atoms with van der Waals surface area (Å²) in [7, 11) is 0. The smallest absolute Gasteiger partial charge is 0.0856 e. The molecule has 2 aromatic heterocycles. The summed E-state index contributed by atoms with van der Waals surface area (Å²) in [6, 6.07) is 65.4. The molecule has 0 saturated carbocycles. The lowest BCUT2D eigenvalue weighted by Crippen LogP contribution is -2.02. The van der Waals surface area contributed by atoms with Gasteiger partial charge in [-0.05, 0) is 106 Å². The van der Waals surface area contributed by atoms with Crippen molar-refractivity contribution in [3.63, 3.8) is 0 Å². The van der Waals surface area contributed by atoms with Crippen LogP contribution in [0.3, 0.4) is 0 Å². The Morgan fingerprint density at radius 1 is 0.373 bits per heavy atom. The summed E-state index contributed by atoms with van der Waals surface area (Å²) in [5.41, 5.74) is 15.4. The third-order valence-corrected chi connectivity index (χ3v) is 9.05. The molecule has 3 nitrogen and oxygen atoms in total. The van der Waals surface area contributed by atoms with Crippen LogP contribution < -0.4 is 0 Å². The molecule has 0 radical (unpaired) electrons. The number of benzene rings is 6. The predicted molar refractivity (Wildman–Crippen MR) is 213 cm³/mol. The largest absolute Gasteiger partial charge is 0.256 e. The lowest BCUT2D eigenvalue weighted by atomic mass is 9.94. The van der Waals surface area contributed by atoms with E-state index in [0.717, 1.165) is 84.1 Å². The maximum Gasteiger partial charge on any atom is 0.0856 e. The molecule has 2 heterocycles. The second-order valence-electron chi connectivity index (χ2n) is 12.6. The first-order chi connectivity index (χ1) is 25.2. The normalized spacial score (nSPS) is 11.4. The highest BCUT2D eigenvalue weighted by molar-refractivity contribution is 6.00. The van der Waals surface area contributed by atoms with Gasteiger partial charge in [-0.2, -0.15) is 0 Å². The van der Waals surface area contributed by atoms with E-state index in [2.05, 4.69) is 170 Å². The Kier molecular flexibility index (Phi) is 8.92. The van der Waals surface area contributed by atoms with Gasteiger partial charge in [-0.1, -0.05) is 133 Å². The summed E-state index contributed by atoms with van der Waals surface area (Å²) in [6.07, 6.45) is 1.89. The van der Waals surface area contributed by atoms with Crippen molar-refractivity contribution in [3.05, 3.63) is 200 Å². The van der Waals surface area contributed by atoms with E-state index in [-0.39, 0.29) is 0 Å². The average molecular weight is 654 g/mol. The van der Waals surface area contributed by atoms with Crippen LogP contribution in [0.4, 0.5) is 5.69 Å². The Morgan fingerprint density at radius 3 is 1.39 bits per heavy atom. The molecule has 0 unspecified atom stereocenters. The van der Waals surface area contributed by atoms with E-state index >= 15 is 0 Å². The quantitative estimate of drug-likeness (QED) is 0.153. The van der Waals surface area contributed by atoms with Gasteiger partial charge in [0, 0.05) is 17.3 Å². The zero-order valence-corrected chi connectivity index (χ0v) is 28.3. The number of hydrogen-bond acceptors (Lipinski definition) is 3. The first-order valence-electron chi connectivity index (χ1n) is 17.2. The summed E-state index contributed by atoms with van der Waals surface area (Å²) in [5, 5.41) is 0. The highest BCUT2D eigenvalue weighted by atomic mass is 14.8. The second kappa shape index (κ2) is 14.4. The van der Waals surface area contributed by atoms with Crippen LogP contribution in [0.1, 0.15) is 12.6 Å². The Bertz CT molecular complexity index is 2400. The van der Waals surface area contributed by atoms with Gasteiger partial charge in [-0.15, -0.1) is 0 Å². The van der Waals surface area contributed by atoms with Crippen molar-refractivity contribution in [1.82, 2.24) is 9.97 Å². The zero-order chi connectivity index (χ0) is 34.4. The highest BCUT2D eigenvalue weighted by Crippen LogP contribution is 2.35. The van der Waals surface area contributed by atoms with Crippen molar-refractivity contribution in [2.75, 3.05) is 0 Å². The summed E-state index contributed by atoms with van der Waals surface area (Å²) in [4.78, 5) is 15.3. The number of nitrogens with zero attached hydrogens (tertiary/aromatic N) is 3. The lowest BCUT2D eigenvalue weighted by Gasteiger charge is -2.14. The van der Waals surface area contributed by atoms with E-state index < -0.39 is 0 Å². The minimum Gasteiger partial charge on any atom is -0.256 e. The van der Waals surface area contributed by atoms with Crippen LogP contribution in [0.15, 0.2) is 199 Å². The molecular formula is C48H35N3. The number of pyridine rings is 2. The molecule has 3 heteroatoms. The van der Waals surface area contributed by atoms with Gasteiger partial charge >= 0.3 is 0 Å². The van der Waals surface area contributed by atoms with Crippen molar-refractivity contribution in [1.29, 1.82) is 0 Å². The van der Waals surface area contributed by atoms with Crippen LogP contribution in [0.25, 0.3) is 67.0 Å². The zero-order valence-electron chi connectivity index (χ0n) is 28.3. The Labute approximate surface area is 299 Å². The third kappa shape index (κ3) is 7.19. The van der Waals surface area contributed by atoms with Crippen molar-refractivity contribution in [2.45, 2.75) is 6.92 Å². The molecule has 8 rings (SSSR count). The van der Waals surface area contributed by atoms with E-state index in [1.807, 2.05) is 31.3 Å². The Morgan fingerprint density at radius 2 is 0.824 bits per heavy atom. The van der Waals surface area contributed by atoms with E-state index in [0.29, 0.717) is 0 Å². The Hall–Kier alpha value is -6.71. The summed E-state index contributed by atoms with van der Waals surface area (Å²) in [5.74, 6) is 0. The minimum absolute atomic E-state index is 0.797. The highest BCUT2D eigenvalue weighted by Gasteiger charge is 2.14. The van der Waals surface area contributed by atoms with Crippen LogP contribution in [-0.2, 0) is 0 Å².